The predicted molar refractivity (Wildman–Crippen MR) is 231 cm³/mol. The van der Waals surface area contributed by atoms with Gasteiger partial charge in [-0.1, -0.05) is 37.8 Å². The van der Waals surface area contributed by atoms with Crippen molar-refractivity contribution >= 4 is 40.7 Å². The number of carbonyl (C=O) groups is 2. The van der Waals surface area contributed by atoms with E-state index in [-0.39, 0.29) is 30.9 Å². The normalized spacial score (nSPS) is 14.8. The monoisotopic (exact) mass is 882 g/mol. The quantitative estimate of drug-likeness (QED) is 0.196. The maximum atomic E-state index is 13.4. The van der Waals surface area contributed by atoms with Gasteiger partial charge in [0.25, 0.3) is 0 Å². The lowest BCUT2D eigenvalue weighted by molar-refractivity contribution is 0.0128. The van der Waals surface area contributed by atoms with Gasteiger partial charge in [0.1, 0.15) is 22.8 Å². The van der Waals surface area contributed by atoms with Crippen LogP contribution in [0, 0.1) is 11.6 Å². The zero-order valence-corrected chi connectivity index (χ0v) is 35.7. The topological polar surface area (TPSA) is 132 Å². The Morgan fingerprint density at radius 2 is 1.12 bits per heavy atom. The van der Waals surface area contributed by atoms with E-state index in [9.17, 15) is 18.4 Å². The molecule has 2 N–H and O–H groups in total. The molecule has 2 aliphatic heterocycles. The molecule has 0 radical (unpaired) electrons. The number of halogens is 3. The van der Waals surface area contributed by atoms with Crippen LogP contribution in [0.5, 0.6) is 0 Å². The Morgan fingerprint density at radius 1 is 0.661 bits per heavy atom. The maximum Gasteiger partial charge on any atom is 0.488 e. The first kappa shape index (κ1) is 48.9. The van der Waals surface area contributed by atoms with Crippen LogP contribution in [0.2, 0.25) is 0 Å². The molecular weight excluding hydrogens is 825 g/mol. The average molecular weight is 884 g/mol. The van der Waals surface area contributed by atoms with Crippen LogP contribution in [-0.4, -0.2) is 122 Å². The molecule has 6 rings (SSSR count). The summed E-state index contributed by atoms with van der Waals surface area (Å²) in [6.45, 7) is 18.8. The third kappa shape index (κ3) is 17.7. The van der Waals surface area contributed by atoms with Crippen molar-refractivity contribution in [2.24, 2.45) is 0 Å². The summed E-state index contributed by atoms with van der Waals surface area (Å²) in [6.07, 6.45) is 3.12. The minimum Gasteiger partial charge on any atom is -0.444 e. The molecule has 12 nitrogen and oxygen atoms in total. The molecule has 0 unspecified atom stereocenters. The van der Waals surface area contributed by atoms with Crippen LogP contribution >= 0.6 is 15.9 Å². The van der Waals surface area contributed by atoms with Crippen LogP contribution in [0.25, 0.3) is 11.1 Å². The van der Waals surface area contributed by atoms with Crippen LogP contribution in [0.1, 0.15) is 60.4 Å². The van der Waals surface area contributed by atoms with Crippen molar-refractivity contribution in [1.82, 2.24) is 29.6 Å². The van der Waals surface area contributed by atoms with E-state index in [0.29, 0.717) is 26.2 Å². The number of benzene rings is 2. The largest absolute Gasteiger partial charge is 0.488 e. The maximum absolute atomic E-state index is 13.4. The Labute approximate surface area is 356 Å². The lowest BCUT2D eigenvalue weighted by Gasteiger charge is -2.35. The summed E-state index contributed by atoms with van der Waals surface area (Å²) >= 11 is 3.38. The zero-order chi connectivity index (χ0) is 42.5. The van der Waals surface area contributed by atoms with E-state index in [4.69, 9.17) is 19.5 Å². The number of nitrogens with zero attached hydrogens (tertiary/aromatic N) is 6. The van der Waals surface area contributed by atoms with Gasteiger partial charge in [-0.2, -0.15) is 0 Å². The van der Waals surface area contributed by atoms with Gasteiger partial charge in [-0.3, -0.25) is 19.8 Å². The summed E-state index contributed by atoms with van der Waals surface area (Å²) in [6, 6.07) is 19.6. The number of carbonyl (C=O) groups excluding carboxylic acids is 2. The number of rotatable bonds is 6. The number of ether oxygens (including phenoxy) is 2. The molecule has 2 aromatic carbocycles. The van der Waals surface area contributed by atoms with Crippen LogP contribution < -0.4 is 5.46 Å². The fraction of sp³-hybridized carbons (Fsp3) is 0.442. The molecule has 2 amide bonds. The van der Waals surface area contributed by atoms with Crippen molar-refractivity contribution < 1.29 is 37.9 Å². The van der Waals surface area contributed by atoms with E-state index < -0.39 is 24.1 Å². The molecular formula is C43H58BBrF2N6O6. The molecule has 2 aromatic heterocycles. The Bertz CT molecular complexity index is 1900. The third-order valence-electron chi connectivity index (χ3n) is 8.74. The van der Waals surface area contributed by atoms with Gasteiger partial charge in [0.05, 0.1) is 11.4 Å². The Kier molecular flexibility index (Phi) is 18.9. The summed E-state index contributed by atoms with van der Waals surface area (Å²) in [5, 5.41) is 17.1. The first-order valence-corrected chi connectivity index (χ1v) is 20.0. The molecule has 320 valence electrons. The van der Waals surface area contributed by atoms with Crippen molar-refractivity contribution in [3.8, 4) is 11.1 Å². The summed E-state index contributed by atoms with van der Waals surface area (Å²) in [7, 11) is -1.59. The van der Waals surface area contributed by atoms with E-state index in [1.807, 2.05) is 78.1 Å². The minimum absolute atomic E-state index is 0. The first-order chi connectivity index (χ1) is 27.3. The molecule has 2 saturated heterocycles. The van der Waals surface area contributed by atoms with Gasteiger partial charge in [0.15, 0.2) is 0 Å². The molecule has 2 aliphatic rings. The summed E-state index contributed by atoms with van der Waals surface area (Å²) in [4.78, 5) is 41.1. The van der Waals surface area contributed by atoms with Gasteiger partial charge in [0.2, 0.25) is 0 Å². The van der Waals surface area contributed by atoms with Gasteiger partial charge in [-0.25, -0.2) is 18.4 Å². The second-order valence-corrected chi connectivity index (χ2v) is 16.8. The third-order valence-corrected chi connectivity index (χ3v) is 9.21. The molecule has 0 spiro atoms. The van der Waals surface area contributed by atoms with E-state index in [0.717, 1.165) is 72.3 Å². The lowest BCUT2D eigenvalue weighted by atomic mass is 9.80. The van der Waals surface area contributed by atoms with Crippen molar-refractivity contribution in [1.29, 1.82) is 0 Å². The second-order valence-electron chi connectivity index (χ2n) is 15.9. The van der Waals surface area contributed by atoms with E-state index in [1.54, 1.807) is 22.1 Å². The van der Waals surface area contributed by atoms with Gasteiger partial charge in [0, 0.05) is 87.9 Å². The molecule has 4 aromatic rings. The number of aromatic nitrogens is 2. The fourth-order valence-electron chi connectivity index (χ4n) is 5.81. The molecule has 0 saturated carbocycles. The molecule has 59 heavy (non-hydrogen) atoms. The Morgan fingerprint density at radius 3 is 1.49 bits per heavy atom. The zero-order valence-electron chi connectivity index (χ0n) is 34.1. The number of pyridine rings is 2. The first-order valence-electron chi connectivity index (χ1n) is 19.2. The smallest absolute Gasteiger partial charge is 0.444 e. The molecule has 2 fully saturated rings. The van der Waals surface area contributed by atoms with Gasteiger partial charge in [-0.05, 0) is 111 Å². The molecule has 4 heterocycles. The molecule has 0 bridgehead atoms. The molecule has 16 heteroatoms. The molecule has 0 aliphatic carbocycles. The second kappa shape index (κ2) is 22.8. The van der Waals surface area contributed by atoms with E-state index >= 15 is 0 Å². The average Bonchev–Trinajstić information content (AvgIpc) is 3.16. The minimum atomic E-state index is -1.59. The summed E-state index contributed by atoms with van der Waals surface area (Å²) < 4.78 is 37.5. The van der Waals surface area contributed by atoms with Crippen molar-refractivity contribution in [3.05, 3.63) is 113 Å². The highest BCUT2D eigenvalue weighted by Gasteiger charge is 2.27. The highest BCUT2D eigenvalue weighted by molar-refractivity contribution is 9.10. The van der Waals surface area contributed by atoms with Gasteiger partial charge >= 0.3 is 19.3 Å². The predicted octanol–water partition coefficient (Wildman–Crippen LogP) is 6.98. The summed E-state index contributed by atoms with van der Waals surface area (Å²) in [5.74, 6) is -0.718. The standard InChI is InChI=1S/C21H26FN3O2.C15H22BrN3O2.C6H6BFO2.CH4/c1-21(2,3)27-20(26)25-11-9-24(10-12-25)15-19-8-7-17(14-23-19)16-5-4-6-18(22)13-16;1-15(2,3)21-14(20)19-8-6-18(7-9-19)11-13-5-4-12(16)10-17-13;8-6-3-1-2-5(4-6)7(9)10;/h4-8,13-14H,9-12,15H2,1-3H3;4-5,10H,6-9,11H2,1-3H3;1-4,9-10H;1H4. The van der Waals surface area contributed by atoms with Gasteiger partial charge in [-0.15, -0.1) is 0 Å². The number of piperazine rings is 2. The Hall–Kier alpha value is -4.48. The highest BCUT2D eigenvalue weighted by Crippen LogP contribution is 2.20. The van der Waals surface area contributed by atoms with Gasteiger partial charge < -0.3 is 29.3 Å². The number of amides is 2. The SMILES string of the molecule is C.CC(C)(C)OC(=O)N1CCN(Cc2ccc(-c3cccc(F)c3)cn2)CC1.CC(C)(C)OC(=O)N1CCN(Cc2ccc(Br)cn2)CC1.OB(O)c1cccc(F)c1. The number of hydrogen-bond acceptors (Lipinski definition) is 10. The van der Waals surface area contributed by atoms with Crippen molar-refractivity contribution in [3.63, 3.8) is 0 Å². The molecule has 0 atom stereocenters. The lowest BCUT2D eigenvalue weighted by Crippen LogP contribution is -2.49. The van der Waals surface area contributed by atoms with Crippen LogP contribution in [-0.2, 0) is 22.6 Å². The summed E-state index contributed by atoms with van der Waals surface area (Å²) in [5.41, 5.74) is 2.98. The van der Waals surface area contributed by atoms with E-state index in [2.05, 4.69) is 35.7 Å². The van der Waals surface area contributed by atoms with Crippen LogP contribution in [0.4, 0.5) is 18.4 Å². The van der Waals surface area contributed by atoms with Crippen LogP contribution in [0.3, 0.4) is 0 Å². The van der Waals surface area contributed by atoms with Crippen LogP contribution in [0.15, 0.2) is 89.7 Å². The number of hydrogen-bond donors (Lipinski definition) is 2. The highest BCUT2D eigenvalue weighted by atomic mass is 79.9. The van der Waals surface area contributed by atoms with Crippen molar-refractivity contribution in [2.75, 3.05) is 52.4 Å². The van der Waals surface area contributed by atoms with E-state index in [1.165, 1.54) is 30.3 Å². The fourth-order valence-corrected chi connectivity index (χ4v) is 6.05. The Balaban J connectivity index is 0.000000258. The van der Waals surface area contributed by atoms with Crippen molar-refractivity contribution in [2.45, 2.75) is 73.3 Å².